The molecule has 2 heterocycles. The number of amides is 2. The molecule has 1 aliphatic carbocycles. The Hall–Kier alpha value is -3.22. The van der Waals surface area contributed by atoms with E-state index in [-0.39, 0.29) is 17.7 Å². The van der Waals surface area contributed by atoms with Gasteiger partial charge in [-0.2, -0.15) is 9.61 Å². The molecule has 0 radical (unpaired) electrons. The average Bonchev–Trinajstić information content (AvgIpc) is 3.33. The molecule has 1 aliphatic rings. The molecule has 24 heavy (non-hydrogen) atoms. The minimum atomic E-state index is -0.277. The molecule has 120 valence electrons. The molecule has 0 bridgehead atoms. The standard InChI is InChI=1S/C17H15N5O2/c23-16(11-4-5-11)20-13-3-1-2-12(10-13)17(24)21-15-6-8-18-14-7-9-19-22(14)15/h1-3,6-11H,4-5H2,(H,20,23)(H,21,24). The van der Waals surface area contributed by atoms with Crippen LogP contribution in [0.3, 0.4) is 0 Å². The van der Waals surface area contributed by atoms with Crippen molar-refractivity contribution in [3.63, 3.8) is 0 Å². The highest BCUT2D eigenvalue weighted by molar-refractivity contribution is 6.05. The first-order valence-corrected chi connectivity index (χ1v) is 7.72. The Morgan fingerprint density at radius 1 is 1.08 bits per heavy atom. The highest BCUT2D eigenvalue weighted by atomic mass is 16.2. The Morgan fingerprint density at radius 2 is 1.96 bits per heavy atom. The van der Waals surface area contributed by atoms with E-state index in [1.165, 1.54) is 0 Å². The van der Waals surface area contributed by atoms with Gasteiger partial charge in [-0.25, -0.2) is 4.98 Å². The first kappa shape index (κ1) is 14.4. The maximum atomic E-state index is 12.5. The molecule has 4 rings (SSSR count). The minimum Gasteiger partial charge on any atom is -0.326 e. The Bertz CT molecular complexity index is 929. The summed E-state index contributed by atoms with van der Waals surface area (Å²) in [5.74, 6) is 0.385. The molecular formula is C17H15N5O2. The maximum absolute atomic E-state index is 12.5. The van der Waals surface area contributed by atoms with Crippen molar-refractivity contribution in [2.75, 3.05) is 10.6 Å². The third kappa shape index (κ3) is 2.83. The lowest BCUT2D eigenvalue weighted by Crippen LogP contribution is -2.16. The van der Waals surface area contributed by atoms with E-state index in [9.17, 15) is 9.59 Å². The summed E-state index contributed by atoms with van der Waals surface area (Å²) < 4.78 is 1.55. The number of benzene rings is 1. The molecule has 7 nitrogen and oxygen atoms in total. The summed E-state index contributed by atoms with van der Waals surface area (Å²) in [5, 5.41) is 9.78. The van der Waals surface area contributed by atoms with Crippen LogP contribution in [0.2, 0.25) is 0 Å². The van der Waals surface area contributed by atoms with E-state index in [1.54, 1.807) is 53.3 Å². The summed E-state index contributed by atoms with van der Waals surface area (Å²) in [4.78, 5) is 28.5. The quantitative estimate of drug-likeness (QED) is 0.772. The van der Waals surface area contributed by atoms with E-state index in [0.29, 0.717) is 22.7 Å². The van der Waals surface area contributed by atoms with Crippen molar-refractivity contribution < 1.29 is 9.59 Å². The number of rotatable bonds is 4. The number of fused-ring (bicyclic) bond motifs is 1. The molecule has 0 aliphatic heterocycles. The molecule has 0 unspecified atom stereocenters. The van der Waals surface area contributed by atoms with E-state index >= 15 is 0 Å². The molecule has 1 aromatic carbocycles. The number of hydrogen-bond acceptors (Lipinski definition) is 4. The van der Waals surface area contributed by atoms with E-state index in [2.05, 4.69) is 20.7 Å². The summed E-state index contributed by atoms with van der Waals surface area (Å²) in [5.41, 5.74) is 1.73. The zero-order chi connectivity index (χ0) is 16.5. The van der Waals surface area contributed by atoms with Gasteiger partial charge in [-0.05, 0) is 37.1 Å². The van der Waals surface area contributed by atoms with Crippen molar-refractivity contribution in [3.8, 4) is 0 Å². The summed E-state index contributed by atoms with van der Waals surface area (Å²) >= 11 is 0. The van der Waals surface area contributed by atoms with Crippen molar-refractivity contribution in [1.82, 2.24) is 14.6 Å². The fourth-order valence-electron chi connectivity index (χ4n) is 2.45. The van der Waals surface area contributed by atoms with Gasteiger partial charge in [0.1, 0.15) is 5.82 Å². The molecule has 3 aromatic rings. The van der Waals surface area contributed by atoms with Crippen LogP contribution in [0.1, 0.15) is 23.2 Å². The van der Waals surface area contributed by atoms with Gasteiger partial charge >= 0.3 is 0 Å². The zero-order valence-electron chi connectivity index (χ0n) is 12.8. The van der Waals surface area contributed by atoms with Crippen LogP contribution in [0.25, 0.3) is 5.65 Å². The van der Waals surface area contributed by atoms with Crippen LogP contribution in [-0.2, 0) is 4.79 Å². The van der Waals surface area contributed by atoms with Gasteiger partial charge in [0.2, 0.25) is 5.91 Å². The molecule has 1 saturated carbocycles. The second kappa shape index (κ2) is 5.77. The lowest BCUT2D eigenvalue weighted by molar-refractivity contribution is -0.117. The SMILES string of the molecule is O=C(Nc1ccnc2ccnn12)c1cccc(NC(=O)C2CC2)c1. The van der Waals surface area contributed by atoms with Gasteiger partial charge in [-0.15, -0.1) is 0 Å². The van der Waals surface area contributed by atoms with Gasteiger partial charge in [0.05, 0.1) is 6.20 Å². The first-order valence-electron chi connectivity index (χ1n) is 7.72. The van der Waals surface area contributed by atoms with Crippen molar-refractivity contribution in [2.24, 2.45) is 5.92 Å². The summed E-state index contributed by atoms with van der Waals surface area (Å²) in [6.07, 6.45) is 5.10. The van der Waals surface area contributed by atoms with Crippen LogP contribution in [0.15, 0.2) is 48.8 Å². The largest absolute Gasteiger partial charge is 0.326 e. The topological polar surface area (TPSA) is 88.4 Å². The van der Waals surface area contributed by atoms with Crippen molar-refractivity contribution in [1.29, 1.82) is 0 Å². The van der Waals surface area contributed by atoms with Crippen LogP contribution in [0.5, 0.6) is 0 Å². The first-order chi connectivity index (χ1) is 11.7. The second-order valence-electron chi connectivity index (χ2n) is 5.73. The Kier molecular flexibility index (Phi) is 3.45. The lowest BCUT2D eigenvalue weighted by atomic mass is 10.2. The Labute approximate surface area is 137 Å². The minimum absolute atomic E-state index is 0.0138. The van der Waals surface area contributed by atoms with E-state index in [1.807, 2.05) is 0 Å². The van der Waals surface area contributed by atoms with E-state index in [0.717, 1.165) is 12.8 Å². The number of carbonyl (C=O) groups is 2. The van der Waals surface area contributed by atoms with Gasteiger partial charge < -0.3 is 10.6 Å². The molecule has 2 aromatic heterocycles. The van der Waals surface area contributed by atoms with Crippen molar-refractivity contribution >= 4 is 29.0 Å². The van der Waals surface area contributed by atoms with Crippen molar-refractivity contribution in [3.05, 3.63) is 54.4 Å². The van der Waals surface area contributed by atoms with Gasteiger partial charge in [-0.3, -0.25) is 9.59 Å². The van der Waals surface area contributed by atoms with Gasteiger partial charge in [0.25, 0.3) is 5.91 Å². The fourth-order valence-corrected chi connectivity index (χ4v) is 2.45. The highest BCUT2D eigenvalue weighted by Crippen LogP contribution is 2.30. The highest BCUT2D eigenvalue weighted by Gasteiger charge is 2.29. The number of carbonyl (C=O) groups excluding carboxylic acids is 2. The molecule has 7 heteroatoms. The zero-order valence-corrected chi connectivity index (χ0v) is 12.8. The molecule has 0 atom stereocenters. The Balaban J connectivity index is 1.53. The number of nitrogens with zero attached hydrogens (tertiary/aromatic N) is 3. The summed E-state index contributed by atoms with van der Waals surface area (Å²) in [6, 6.07) is 10.3. The van der Waals surface area contributed by atoms with Gasteiger partial charge in [-0.1, -0.05) is 6.07 Å². The monoisotopic (exact) mass is 321 g/mol. The summed E-state index contributed by atoms with van der Waals surface area (Å²) in [6.45, 7) is 0. The van der Waals surface area contributed by atoms with E-state index < -0.39 is 0 Å². The predicted molar refractivity (Wildman–Crippen MR) is 88.7 cm³/mol. The predicted octanol–water partition coefficient (Wildman–Crippen LogP) is 2.33. The number of nitrogens with one attached hydrogen (secondary N) is 2. The molecule has 0 spiro atoms. The van der Waals surface area contributed by atoms with Crippen molar-refractivity contribution in [2.45, 2.75) is 12.8 Å². The normalized spacial score (nSPS) is 13.7. The van der Waals surface area contributed by atoms with Crippen LogP contribution < -0.4 is 10.6 Å². The van der Waals surface area contributed by atoms with Gasteiger partial charge in [0.15, 0.2) is 5.65 Å². The third-order valence-electron chi connectivity index (χ3n) is 3.87. The number of anilines is 2. The average molecular weight is 321 g/mol. The lowest BCUT2D eigenvalue weighted by Gasteiger charge is -2.09. The van der Waals surface area contributed by atoms with Gasteiger partial charge in [0, 0.05) is 29.4 Å². The van der Waals surface area contributed by atoms with Crippen LogP contribution in [0, 0.1) is 5.92 Å². The van der Waals surface area contributed by atoms with Crippen LogP contribution in [0.4, 0.5) is 11.5 Å². The van der Waals surface area contributed by atoms with Crippen LogP contribution in [-0.4, -0.2) is 26.4 Å². The molecule has 0 saturated heterocycles. The third-order valence-corrected chi connectivity index (χ3v) is 3.87. The smallest absolute Gasteiger partial charge is 0.256 e. The Morgan fingerprint density at radius 3 is 2.79 bits per heavy atom. The second-order valence-corrected chi connectivity index (χ2v) is 5.73. The maximum Gasteiger partial charge on any atom is 0.256 e. The number of aromatic nitrogens is 3. The fraction of sp³-hybridized carbons (Fsp3) is 0.176. The van der Waals surface area contributed by atoms with Crippen LogP contribution >= 0.6 is 0 Å². The number of hydrogen-bond donors (Lipinski definition) is 2. The summed E-state index contributed by atoms with van der Waals surface area (Å²) in [7, 11) is 0. The molecule has 2 N–H and O–H groups in total. The molecule has 1 fully saturated rings. The molecular weight excluding hydrogens is 306 g/mol. The molecule has 2 amide bonds. The van der Waals surface area contributed by atoms with E-state index in [4.69, 9.17) is 0 Å².